The van der Waals surface area contributed by atoms with E-state index in [1.54, 1.807) is 24.1 Å². The third kappa shape index (κ3) is 4.92. The van der Waals surface area contributed by atoms with E-state index in [4.69, 9.17) is 0 Å². The van der Waals surface area contributed by atoms with Crippen LogP contribution >= 0.6 is 0 Å². The maximum absolute atomic E-state index is 13.3. The van der Waals surface area contributed by atoms with Gasteiger partial charge in [-0.15, -0.1) is 0 Å². The molecule has 120 valence electrons. The Morgan fingerprint density at radius 3 is 2.43 bits per heavy atom. The molecule has 0 saturated carbocycles. The van der Waals surface area contributed by atoms with Crippen LogP contribution in [0.3, 0.4) is 0 Å². The number of nitrogens with zero attached hydrogens (tertiary/aromatic N) is 1. The van der Waals surface area contributed by atoms with Gasteiger partial charge in [0.1, 0.15) is 0 Å². The molecule has 1 unspecified atom stereocenters. The summed E-state index contributed by atoms with van der Waals surface area (Å²) in [6.07, 6.45) is -2.52. The maximum Gasteiger partial charge on any atom is 0.418 e. The van der Waals surface area contributed by atoms with Crippen molar-refractivity contribution in [2.24, 2.45) is 0 Å². The number of hydrogen-bond donors (Lipinski definition) is 1. The molecule has 5 heteroatoms. The molecule has 0 aliphatic rings. The molecule has 0 aliphatic carbocycles. The number of benzene rings is 1. The molecule has 0 aliphatic heterocycles. The third-order valence-electron chi connectivity index (χ3n) is 3.69. The van der Waals surface area contributed by atoms with Gasteiger partial charge in [-0.1, -0.05) is 26.3 Å². The lowest BCUT2D eigenvalue weighted by Gasteiger charge is -2.29. The third-order valence-corrected chi connectivity index (χ3v) is 3.69. The molecule has 1 rings (SSSR count). The molecule has 0 aromatic heterocycles. The second-order valence-corrected chi connectivity index (χ2v) is 5.38. The summed E-state index contributed by atoms with van der Waals surface area (Å²) in [6, 6.07) is 4.69. The average Bonchev–Trinajstić information content (AvgIpc) is 2.43. The molecule has 0 spiro atoms. The van der Waals surface area contributed by atoms with Crippen LogP contribution in [0.25, 0.3) is 0 Å². The van der Waals surface area contributed by atoms with Crippen molar-refractivity contribution >= 4 is 5.69 Å². The van der Waals surface area contributed by atoms with Gasteiger partial charge in [0, 0.05) is 25.3 Å². The quantitative estimate of drug-likeness (QED) is 0.801. The minimum Gasteiger partial charge on any atom is -0.371 e. The molecule has 0 saturated heterocycles. The highest BCUT2D eigenvalue weighted by Crippen LogP contribution is 2.37. The van der Waals surface area contributed by atoms with Crippen molar-refractivity contribution in [3.05, 3.63) is 29.3 Å². The summed E-state index contributed by atoms with van der Waals surface area (Å²) in [6.45, 7) is 7.11. The second kappa shape index (κ2) is 7.69. The predicted molar refractivity (Wildman–Crippen MR) is 81.6 cm³/mol. The Kier molecular flexibility index (Phi) is 6.52. The summed E-state index contributed by atoms with van der Waals surface area (Å²) in [7, 11) is 1.73. The van der Waals surface area contributed by atoms with E-state index in [2.05, 4.69) is 5.32 Å². The van der Waals surface area contributed by atoms with Gasteiger partial charge >= 0.3 is 6.18 Å². The predicted octanol–water partition coefficient (Wildman–Crippen LogP) is 4.44. The van der Waals surface area contributed by atoms with Crippen molar-refractivity contribution in [3.8, 4) is 0 Å². The largest absolute Gasteiger partial charge is 0.418 e. The van der Waals surface area contributed by atoms with Gasteiger partial charge in [0.2, 0.25) is 0 Å². The number of nitrogens with one attached hydrogen (secondary N) is 1. The SMILES string of the molecule is CCCC(C)N(C)c1ccc(CNCC)cc1C(F)(F)F. The smallest absolute Gasteiger partial charge is 0.371 e. The molecule has 1 atom stereocenters. The van der Waals surface area contributed by atoms with E-state index in [-0.39, 0.29) is 11.7 Å². The molecule has 0 heterocycles. The Balaban J connectivity index is 3.13. The Bertz CT molecular complexity index is 444. The van der Waals surface area contributed by atoms with E-state index in [1.807, 2.05) is 20.8 Å². The van der Waals surface area contributed by atoms with Crippen LogP contribution in [0.15, 0.2) is 18.2 Å². The molecule has 0 fully saturated rings. The van der Waals surface area contributed by atoms with Crippen molar-refractivity contribution in [1.82, 2.24) is 5.32 Å². The Morgan fingerprint density at radius 1 is 1.24 bits per heavy atom. The van der Waals surface area contributed by atoms with Gasteiger partial charge in [0.05, 0.1) is 5.56 Å². The van der Waals surface area contributed by atoms with Gasteiger partial charge in [-0.05, 0) is 37.6 Å². The zero-order chi connectivity index (χ0) is 16.0. The minimum absolute atomic E-state index is 0.0794. The first-order valence-electron chi connectivity index (χ1n) is 7.44. The molecule has 1 aromatic carbocycles. The van der Waals surface area contributed by atoms with E-state index in [9.17, 15) is 13.2 Å². The van der Waals surface area contributed by atoms with E-state index >= 15 is 0 Å². The zero-order valence-electron chi connectivity index (χ0n) is 13.2. The topological polar surface area (TPSA) is 15.3 Å². The van der Waals surface area contributed by atoms with Crippen LogP contribution in [0.4, 0.5) is 18.9 Å². The van der Waals surface area contributed by atoms with Crippen molar-refractivity contribution < 1.29 is 13.2 Å². The van der Waals surface area contributed by atoms with Gasteiger partial charge in [0.25, 0.3) is 0 Å². The first kappa shape index (κ1) is 17.8. The molecule has 1 N–H and O–H groups in total. The summed E-state index contributed by atoms with van der Waals surface area (Å²) in [4.78, 5) is 1.73. The number of rotatable bonds is 7. The molecule has 21 heavy (non-hydrogen) atoms. The Morgan fingerprint density at radius 2 is 1.90 bits per heavy atom. The summed E-state index contributed by atoms with van der Waals surface area (Å²) >= 11 is 0. The van der Waals surface area contributed by atoms with Gasteiger partial charge in [-0.25, -0.2) is 0 Å². The van der Waals surface area contributed by atoms with E-state index in [1.165, 1.54) is 6.07 Å². The van der Waals surface area contributed by atoms with Crippen molar-refractivity contribution in [2.75, 3.05) is 18.5 Å². The summed E-state index contributed by atoms with van der Waals surface area (Å²) in [5, 5.41) is 3.05. The van der Waals surface area contributed by atoms with Crippen molar-refractivity contribution in [1.29, 1.82) is 0 Å². The Labute approximate surface area is 125 Å². The fraction of sp³-hybridized carbons (Fsp3) is 0.625. The summed E-state index contributed by atoms with van der Waals surface area (Å²) in [5.74, 6) is 0. The molecule has 0 bridgehead atoms. The average molecular weight is 302 g/mol. The van der Waals surface area contributed by atoms with Crippen molar-refractivity contribution in [2.45, 2.75) is 52.4 Å². The number of alkyl halides is 3. The van der Waals surface area contributed by atoms with Gasteiger partial charge in [-0.2, -0.15) is 13.2 Å². The van der Waals surface area contributed by atoms with Crippen LogP contribution in [0, 0.1) is 0 Å². The monoisotopic (exact) mass is 302 g/mol. The number of anilines is 1. The summed E-state index contributed by atoms with van der Waals surface area (Å²) in [5.41, 5.74) is 0.358. The lowest BCUT2D eigenvalue weighted by Crippen LogP contribution is -2.30. The minimum atomic E-state index is -4.34. The van der Waals surface area contributed by atoms with E-state index in [0.717, 1.165) is 19.4 Å². The highest BCUT2D eigenvalue weighted by Gasteiger charge is 2.35. The van der Waals surface area contributed by atoms with Crippen LogP contribution in [-0.2, 0) is 12.7 Å². The number of halogens is 3. The maximum atomic E-state index is 13.3. The van der Waals surface area contributed by atoms with Gasteiger partial charge in [0.15, 0.2) is 0 Å². The normalized spacial score (nSPS) is 13.3. The van der Waals surface area contributed by atoms with E-state index < -0.39 is 11.7 Å². The van der Waals surface area contributed by atoms with Crippen LogP contribution in [-0.4, -0.2) is 19.6 Å². The van der Waals surface area contributed by atoms with Crippen LogP contribution in [0.1, 0.15) is 44.7 Å². The molecule has 1 aromatic rings. The summed E-state index contributed by atoms with van der Waals surface area (Å²) < 4.78 is 39.9. The Hall–Kier alpha value is -1.23. The molecule has 0 radical (unpaired) electrons. The highest BCUT2D eigenvalue weighted by atomic mass is 19.4. The zero-order valence-corrected chi connectivity index (χ0v) is 13.2. The fourth-order valence-corrected chi connectivity index (χ4v) is 2.35. The van der Waals surface area contributed by atoms with Gasteiger partial charge in [-0.3, -0.25) is 0 Å². The van der Waals surface area contributed by atoms with E-state index in [0.29, 0.717) is 12.1 Å². The highest BCUT2D eigenvalue weighted by molar-refractivity contribution is 5.56. The van der Waals surface area contributed by atoms with Crippen LogP contribution < -0.4 is 10.2 Å². The molecular weight excluding hydrogens is 277 g/mol. The molecule has 0 amide bonds. The molecule has 2 nitrogen and oxygen atoms in total. The lowest BCUT2D eigenvalue weighted by atomic mass is 10.0. The van der Waals surface area contributed by atoms with Gasteiger partial charge < -0.3 is 10.2 Å². The first-order valence-corrected chi connectivity index (χ1v) is 7.44. The van der Waals surface area contributed by atoms with Crippen LogP contribution in [0.5, 0.6) is 0 Å². The van der Waals surface area contributed by atoms with Crippen molar-refractivity contribution in [3.63, 3.8) is 0 Å². The fourth-order valence-electron chi connectivity index (χ4n) is 2.35. The van der Waals surface area contributed by atoms with Crippen LogP contribution in [0.2, 0.25) is 0 Å². The molecular formula is C16H25F3N2. The first-order chi connectivity index (χ1) is 9.81. The lowest BCUT2D eigenvalue weighted by molar-refractivity contribution is -0.137. The number of hydrogen-bond acceptors (Lipinski definition) is 2. The second-order valence-electron chi connectivity index (χ2n) is 5.38. The standard InChI is InChI=1S/C16H25F3N2/c1-5-7-12(3)21(4)15-9-8-13(11-20-6-2)10-14(15)16(17,18)19/h8-10,12,20H,5-7,11H2,1-4H3.